The molecule has 2 aromatic carbocycles. The Kier molecular flexibility index (Phi) is 4.87. The van der Waals surface area contributed by atoms with E-state index in [1.54, 1.807) is 19.2 Å². The summed E-state index contributed by atoms with van der Waals surface area (Å²) < 4.78 is 23.7. The highest BCUT2D eigenvalue weighted by atomic mass is 16.6. The minimum absolute atomic E-state index is 0.0382. The predicted octanol–water partition coefficient (Wildman–Crippen LogP) is 4.44. The number of aliphatic hydroxyl groups is 1. The molecule has 33 heavy (non-hydrogen) atoms. The van der Waals surface area contributed by atoms with Crippen LogP contribution in [0.4, 0.5) is 0 Å². The lowest BCUT2D eigenvalue weighted by atomic mass is 9.85. The van der Waals surface area contributed by atoms with Crippen molar-refractivity contribution in [3.05, 3.63) is 57.3 Å². The van der Waals surface area contributed by atoms with Gasteiger partial charge in [-0.15, -0.1) is 0 Å². The number of aryl methyl sites for hydroxylation is 1. The first-order valence-electron chi connectivity index (χ1n) is 11.0. The Morgan fingerprint density at radius 1 is 1.30 bits per heavy atom. The lowest BCUT2D eigenvalue weighted by Crippen LogP contribution is -2.28. The molecule has 7 heteroatoms. The highest BCUT2D eigenvalue weighted by Gasteiger charge is 2.54. The second-order valence-electron chi connectivity index (χ2n) is 9.63. The number of phenolic OH excluding ortho intramolecular Hbond substituents is 1. The van der Waals surface area contributed by atoms with Crippen LogP contribution < -0.4 is 10.2 Å². The normalized spacial score (nSPS) is 24.4. The van der Waals surface area contributed by atoms with Crippen LogP contribution in [-0.4, -0.2) is 35.6 Å². The van der Waals surface area contributed by atoms with Gasteiger partial charge in [0.15, 0.2) is 0 Å². The molecular weight excluding hydrogens is 424 g/mol. The van der Waals surface area contributed by atoms with Crippen molar-refractivity contribution in [3.63, 3.8) is 0 Å². The van der Waals surface area contributed by atoms with E-state index in [0.717, 1.165) is 11.1 Å². The molecule has 1 fully saturated rings. The summed E-state index contributed by atoms with van der Waals surface area (Å²) in [6.45, 7) is 11.8. The van der Waals surface area contributed by atoms with Crippen LogP contribution in [0.25, 0.3) is 21.9 Å². The van der Waals surface area contributed by atoms with Crippen molar-refractivity contribution in [2.24, 2.45) is 5.92 Å². The van der Waals surface area contributed by atoms with Crippen LogP contribution in [0.2, 0.25) is 0 Å². The Bertz CT molecular complexity index is 1370. The molecule has 3 aromatic rings. The molecule has 0 spiro atoms. The lowest BCUT2D eigenvalue weighted by Gasteiger charge is -2.32. The zero-order valence-electron chi connectivity index (χ0n) is 19.4. The Balaban J connectivity index is 1.83. The van der Waals surface area contributed by atoms with Crippen molar-refractivity contribution in [3.8, 4) is 11.5 Å². The zero-order chi connectivity index (χ0) is 23.8. The first kappa shape index (κ1) is 21.9. The van der Waals surface area contributed by atoms with Crippen molar-refractivity contribution in [1.82, 2.24) is 0 Å². The van der Waals surface area contributed by atoms with Gasteiger partial charge in [0, 0.05) is 24.2 Å². The molecule has 1 saturated heterocycles. The number of rotatable bonds is 4. The molecule has 5 rings (SSSR count). The summed E-state index contributed by atoms with van der Waals surface area (Å²) in [6, 6.07) is 4.89. The maximum atomic E-state index is 13.8. The number of hydrogen-bond donors (Lipinski definition) is 2. The van der Waals surface area contributed by atoms with E-state index in [1.807, 2.05) is 27.7 Å². The second-order valence-corrected chi connectivity index (χ2v) is 9.63. The van der Waals surface area contributed by atoms with E-state index in [-0.39, 0.29) is 46.3 Å². The molecule has 174 valence electrons. The Morgan fingerprint density at radius 2 is 2.00 bits per heavy atom. The van der Waals surface area contributed by atoms with Gasteiger partial charge in [0.1, 0.15) is 40.3 Å². The highest BCUT2D eigenvalue weighted by Crippen LogP contribution is 2.48. The number of methoxy groups -OCH3 is 1. The minimum Gasteiger partial charge on any atom is -0.507 e. The summed E-state index contributed by atoms with van der Waals surface area (Å²) >= 11 is 0. The van der Waals surface area contributed by atoms with Gasteiger partial charge in [0.05, 0.1) is 23.7 Å². The van der Waals surface area contributed by atoms with Gasteiger partial charge in [-0.25, -0.2) is 0 Å². The van der Waals surface area contributed by atoms with E-state index in [4.69, 9.17) is 18.6 Å². The minimum atomic E-state index is -0.980. The average Bonchev–Trinajstić information content (AvgIpc) is 3.37. The summed E-state index contributed by atoms with van der Waals surface area (Å²) in [5.41, 5.74) is 2.25. The highest BCUT2D eigenvalue weighted by molar-refractivity contribution is 5.97. The fourth-order valence-corrected chi connectivity index (χ4v) is 4.97. The van der Waals surface area contributed by atoms with Crippen LogP contribution >= 0.6 is 0 Å². The molecule has 0 unspecified atom stereocenters. The molecule has 2 N–H and O–H groups in total. The molecule has 0 saturated carbocycles. The first-order chi connectivity index (χ1) is 15.6. The van der Waals surface area contributed by atoms with E-state index in [0.29, 0.717) is 22.5 Å². The molecule has 0 radical (unpaired) electrons. The molecule has 7 nitrogen and oxygen atoms in total. The van der Waals surface area contributed by atoms with Gasteiger partial charge in [0.2, 0.25) is 5.43 Å². The summed E-state index contributed by atoms with van der Waals surface area (Å²) in [5.74, 6) is -0.0884. The number of ether oxygens (including phenoxy) is 3. The van der Waals surface area contributed by atoms with Gasteiger partial charge >= 0.3 is 0 Å². The van der Waals surface area contributed by atoms with Gasteiger partial charge < -0.3 is 28.8 Å². The second kappa shape index (κ2) is 7.32. The van der Waals surface area contributed by atoms with Gasteiger partial charge in [0.25, 0.3) is 0 Å². The molecule has 2 aliphatic rings. The molecule has 1 aromatic heterocycles. The zero-order valence-corrected chi connectivity index (χ0v) is 19.4. The number of hydrogen-bond acceptors (Lipinski definition) is 7. The number of phenols is 1. The van der Waals surface area contributed by atoms with Crippen LogP contribution in [0.15, 0.2) is 39.6 Å². The Morgan fingerprint density at radius 3 is 2.61 bits per heavy atom. The standard InChI is InChI=1S/C26H28O7/c1-11(2)14-10-31-22-12(3)9-16-18(19(22)20(14)28)21(29)17-15(27)8-7-13(23(17)32-16)24(30-6)25-26(4,5)33-25/h7-9,14,20,24-25,27-28H,1,10H2,2-6H3/t14-,20+,24-,25-/m0/s1. The number of epoxide rings is 1. The third-order valence-electron chi connectivity index (χ3n) is 6.91. The van der Waals surface area contributed by atoms with E-state index >= 15 is 0 Å². The molecule has 0 amide bonds. The van der Waals surface area contributed by atoms with E-state index < -0.39 is 17.6 Å². The van der Waals surface area contributed by atoms with E-state index in [2.05, 4.69) is 6.58 Å². The van der Waals surface area contributed by atoms with Crippen LogP contribution in [0.1, 0.15) is 49.7 Å². The van der Waals surface area contributed by atoms with Gasteiger partial charge in [-0.05, 0) is 51.5 Å². The number of fused-ring (bicyclic) bond motifs is 4. The lowest BCUT2D eigenvalue weighted by molar-refractivity contribution is 0.0701. The quantitative estimate of drug-likeness (QED) is 0.343. The number of aliphatic hydroxyl groups excluding tert-OH is 1. The van der Waals surface area contributed by atoms with Crippen LogP contribution in [0, 0.1) is 12.8 Å². The summed E-state index contributed by atoms with van der Waals surface area (Å²) in [4.78, 5) is 13.8. The first-order valence-corrected chi connectivity index (χ1v) is 11.0. The van der Waals surface area contributed by atoms with Crippen molar-refractivity contribution in [2.45, 2.75) is 51.6 Å². The van der Waals surface area contributed by atoms with Crippen LogP contribution in [0.5, 0.6) is 11.5 Å². The smallest absolute Gasteiger partial charge is 0.204 e. The number of benzene rings is 2. The third-order valence-corrected chi connectivity index (χ3v) is 6.91. The van der Waals surface area contributed by atoms with Gasteiger partial charge in [-0.1, -0.05) is 12.2 Å². The Hall–Kier alpha value is -2.87. The third kappa shape index (κ3) is 3.18. The summed E-state index contributed by atoms with van der Waals surface area (Å²) in [7, 11) is 1.58. The maximum Gasteiger partial charge on any atom is 0.204 e. The van der Waals surface area contributed by atoms with Crippen LogP contribution in [-0.2, 0) is 9.47 Å². The monoisotopic (exact) mass is 452 g/mol. The maximum absolute atomic E-state index is 13.8. The topological polar surface area (TPSA) is 102 Å². The molecular formula is C26H28O7. The Labute approximate surface area is 191 Å². The van der Waals surface area contributed by atoms with Crippen molar-refractivity contribution in [2.75, 3.05) is 13.7 Å². The van der Waals surface area contributed by atoms with Crippen molar-refractivity contribution in [1.29, 1.82) is 0 Å². The van der Waals surface area contributed by atoms with Crippen molar-refractivity contribution < 1.29 is 28.8 Å². The fourth-order valence-electron chi connectivity index (χ4n) is 4.97. The predicted molar refractivity (Wildman–Crippen MR) is 124 cm³/mol. The SMILES string of the molecule is C=C(C)[C@@H]1COc2c(C)cc3oc4c([C@H](OC)[C@@H]5OC5(C)C)ccc(O)c4c(=O)c3c2[C@@H]1O. The average molecular weight is 453 g/mol. The van der Waals surface area contributed by atoms with E-state index in [1.165, 1.54) is 6.07 Å². The fraction of sp³-hybridized carbons (Fsp3) is 0.423. The van der Waals surface area contributed by atoms with Crippen molar-refractivity contribution >= 4 is 21.9 Å². The largest absolute Gasteiger partial charge is 0.507 e. The van der Waals surface area contributed by atoms with Gasteiger partial charge in [-0.3, -0.25) is 4.79 Å². The van der Waals surface area contributed by atoms with Crippen LogP contribution in [0.3, 0.4) is 0 Å². The molecule has 4 atom stereocenters. The summed E-state index contributed by atoms with van der Waals surface area (Å²) in [6.07, 6.45) is -1.68. The number of aromatic hydroxyl groups is 1. The molecule has 3 heterocycles. The van der Waals surface area contributed by atoms with Gasteiger partial charge in [-0.2, -0.15) is 0 Å². The van der Waals surface area contributed by atoms with E-state index in [9.17, 15) is 15.0 Å². The summed E-state index contributed by atoms with van der Waals surface area (Å²) in [5, 5.41) is 22.1. The molecule has 0 aliphatic carbocycles. The molecule has 2 aliphatic heterocycles. The molecule has 0 bridgehead atoms.